The number of hydrogen-bond acceptors (Lipinski definition) is 5. The van der Waals surface area contributed by atoms with Gasteiger partial charge in [-0.1, -0.05) is 6.07 Å². The third-order valence-electron chi connectivity index (χ3n) is 1.96. The molecule has 0 heterocycles. The van der Waals surface area contributed by atoms with Gasteiger partial charge in [0.25, 0.3) is 0 Å². The van der Waals surface area contributed by atoms with Crippen LogP contribution in [-0.2, 0) is 4.74 Å². The second-order valence-electron chi connectivity index (χ2n) is 2.98. The fourth-order valence-corrected chi connectivity index (χ4v) is 1.34. The molecule has 0 saturated carbocycles. The summed E-state index contributed by atoms with van der Waals surface area (Å²) in [6, 6.07) is 5.15. The van der Waals surface area contributed by atoms with Crippen molar-refractivity contribution in [1.82, 2.24) is 0 Å². The minimum Gasteiger partial charge on any atom is -0.493 e. The maximum absolute atomic E-state index is 11.7. The molecule has 1 aromatic carbocycles. The molecule has 0 bridgehead atoms. The Balaban J connectivity index is 3.13. The highest BCUT2D eigenvalue weighted by molar-refractivity contribution is 5.98. The van der Waals surface area contributed by atoms with E-state index in [0.29, 0.717) is 30.2 Å². The first kappa shape index (κ1) is 12.3. The van der Waals surface area contributed by atoms with Crippen molar-refractivity contribution in [3.8, 4) is 5.75 Å². The fourth-order valence-electron chi connectivity index (χ4n) is 1.34. The first-order valence-electron chi connectivity index (χ1n) is 5.14. The molecule has 88 valence electrons. The van der Waals surface area contributed by atoms with E-state index in [1.807, 2.05) is 6.92 Å². The van der Waals surface area contributed by atoms with E-state index in [1.165, 1.54) is 0 Å². The Morgan fingerprint density at radius 1 is 1.38 bits per heavy atom. The number of nitrogen functional groups attached to an aromatic ring is 1. The Hall–Kier alpha value is -1.75. The van der Waals surface area contributed by atoms with Gasteiger partial charge in [0, 0.05) is 0 Å². The van der Waals surface area contributed by atoms with Gasteiger partial charge >= 0.3 is 5.97 Å². The molecule has 0 spiro atoms. The van der Waals surface area contributed by atoms with E-state index in [0.717, 1.165) is 0 Å². The number of esters is 1. The van der Waals surface area contributed by atoms with E-state index < -0.39 is 5.97 Å². The summed E-state index contributed by atoms with van der Waals surface area (Å²) in [4.78, 5) is 11.7. The zero-order valence-electron chi connectivity index (χ0n) is 9.45. The van der Waals surface area contributed by atoms with Gasteiger partial charge in [-0.25, -0.2) is 4.79 Å². The molecular weight excluding hydrogens is 208 g/mol. The highest BCUT2D eigenvalue weighted by Crippen LogP contribution is 2.26. The van der Waals surface area contributed by atoms with Gasteiger partial charge < -0.3 is 14.9 Å². The Bertz CT molecular complexity index is 366. The van der Waals surface area contributed by atoms with Gasteiger partial charge in [-0.3, -0.25) is 5.84 Å². The molecule has 0 unspecified atom stereocenters. The summed E-state index contributed by atoms with van der Waals surface area (Å²) in [5.41, 5.74) is 3.27. The topological polar surface area (TPSA) is 73.6 Å². The zero-order chi connectivity index (χ0) is 12.0. The number of carbonyl (C=O) groups excluding carboxylic acids is 1. The van der Waals surface area contributed by atoms with Crippen LogP contribution in [0.4, 0.5) is 5.69 Å². The first-order chi connectivity index (χ1) is 7.74. The van der Waals surface area contributed by atoms with Gasteiger partial charge in [0.2, 0.25) is 0 Å². The van der Waals surface area contributed by atoms with Gasteiger partial charge in [-0.15, -0.1) is 0 Å². The monoisotopic (exact) mass is 224 g/mol. The molecule has 5 nitrogen and oxygen atoms in total. The van der Waals surface area contributed by atoms with Crippen molar-refractivity contribution < 1.29 is 14.3 Å². The van der Waals surface area contributed by atoms with Crippen molar-refractivity contribution in [2.45, 2.75) is 13.8 Å². The van der Waals surface area contributed by atoms with Crippen molar-refractivity contribution in [1.29, 1.82) is 0 Å². The summed E-state index contributed by atoms with van der Waals surface area (Å²) in [7, 11) is 0. The second-order valence-corrected chi connectivity index (χ2v) is 2.98. The molecule has 1 rings (SSSR count). The minimum absolute atomic E-state index is 0.309. The van der Waals surface area contributed by atoms with Crippen LogP contribution in [0, 0.1) is 0 Å². The smallest absolute Gasteiger partial charge is 0.344 e. The Labute approximate surface area is 94.5 Å². The largest absolute Gasteiger partial charge is 0.493 e. The van der Waals surface area contributed by atoms with Crippen molar-refractivity contribution in [2.75, 3.05) is 18.6 Å². The number of hydrazine groups is 1. The maximum Gasteiger partial charge on any atom is 0.344 e. The molecule has 5 heteroatoms. The van der Waals surface area contributed by atoms with Crippen molar-refractivity contribution >= 4 is 11.7 Å². The number of anilines is 1. The number of benzene rings is 1. The third-order valence-corrected chi connectivity index (χ3v) is 1.96. The highest BCUT2D eigenvalue weighted by atomic mass is 16.5. The average Bonchev–Trinajstić information content (AvgIpc) is 2.29. The molecule has 0 atom stereocenters. The van der Waals surface area contributed by atoms with Crippen LogP contribution in [0.25, 0.3) is 0 Å². The summed E-state index contributed by atoms with van der Waals surface area (Å²) >= 11 is 0. The second kappa shape index (κ2) is 5.97. The molecule has 0 aliphatic heterocycles. The highest BCUT2D eigenvalue weighted by Gasteiger charge is 2.18. The number of ether oxygens (including phenoxy) is 2. The number of carbonyl (C=O) groups is 1. The summed E-state index contributed by atoms with van der Waals surface area (Å²) in [6.45, 7) is 4.37. The zero-order valence-corrected chi connectivity index (χ0v) is 9.45. The average molecular weight is 224 g/mol. The quantitative estimate of drug-likeness (QED) is 0.451. The van der Waals surface area contributed by atoms with Crippen LogP contribution in [0.15, 0.2) is 18.2 Å². The van der Waals surface area contributed by atoms with Crippen LogP contribution >= 0.6 is 0 Å². The summed E-state index contributed by atoms with van der Waals surface area (Å²) in [5.74, 6) is 5.36. The number of nitrogens with two attached hydrogens (primary N) is 1. The summed E-state index contributed by atoms with van der Waals surface area (Å²) in [6.07, 6.45) is 0. The third kappa shape index (κ3) is 2.64. The van der Waals surface area contributed by atoms with Crippen molar-refractivity contribution in [3.05, 3.63) is 23.8 Å². The van der Waals surface area contributed by atoms with Gasteiger partial charge in [0.15, 0.2) is 0 Å². The molecule has 0 radical (unpaired) electrons. The SMILES string of the molecule is CCOC(=O)c1c(NN)cccc1OCC. The lowest BCUT2D eigenvalue weighted by atomic mass is 10.1. The lowest BCUT2D eigenvalue weighted by Gasteiger charge is -2.13. The van der Waals surface area contributed by atoms with Crippen LogP contribution in [0.3, 0.4) is 0 Å². The van der Waals surface area contributed by atoms with Gasteiger partial charge in [0.1, 0.15) is 11.3 Å². The molecule has 0 saturated heterocycles. The number of nitrogens with one attached hydrogen (secondary N) is 1. The normalized spacial score (nSPS) is 9.69. The molecule has 0 amide bonds. The molecule has 0 aliphatic rings. The van der Waals surface area contributed by atoms with E-state index in [9.17, 15) is 4.79 Å². The standard InChI is InChI=1S/C11H16N2O3/c1-3-15-9-7-5-6-8(13-12)10(9)11(14)16-4-2/h5-7,13H,3-4,12H2,1-2H3. The number of hydrogen-bond donors (Lipinski definition) is 2. The van der Waals surface area contributed by atoms with E-state index in [2.05, 4.69) is 5.43 Å². The lowest BCUT2D eigenvalue weighted by Crippen LogP contribution is -2.15. The Kier molecular flexibility index (Phi) is 4.60. The lowest BCUT2D eigenvalue weighted by molar-refractivity contribution is 0.0523. The minimum atomic E-state index is -0.445. The Morgan fingerprint density at radius 3 is 2.69 bits per heavy atom. The molecule has 3 N–H and O–H groups in total. The number of rotatable bonds is 5. The Morgan fingerprint density at radius 2 is 2.12 bits per heavy atom. The van der Waals surface area contributed by atoms with Crippen molar-refractivity contribution in [3.63, 3.8) is 0 Å². The van der Waals surface area contributed by atoms with Crippen LogP contribution in [0.2, 0.25) is 0 Å². The summed E-state index contributed by atoms with van der Waals surface area (Å²) < 4.78 is 10.3. The predicted molar refractivity (Wildman–Crippen MR) is 61.4 cm³/mol. The van der Waals surface area contributed by atoms with Crippen LogP contribution in [0.1, 0.15) is 24.2 Å². The van der Waals surface area contributed by atoms with E-state index in [4.69, 9.17) is 15.3 Å². The molecular formula is C11H16N2O3. The van der Waals surface area contributed by atoms with E-state index >= 15 is 0 Å². The van der Waals surface area contributed by atoms with Gasteiger partial charge in [-0.05, 0) is 26.0 Å². The van der Waals surface area contributed by atoms with Crippen molar-refractivity contribution in [2.24, 2.45) is 5.84 Å². The first-order valence-corrected chi connectivity index (χ1v) is 5.14. The van der Waals surface area contributed by atoms with Crippen LogP contribution in [0.5, 0.6) is 5.75 Å². The van der Waals surface area contributed by atoms with Gasteiger partial charge in [0.05, 0.1) is 18.9 Å². The molecule has 0 aromatic heterocycles. The van der Waals surface area contributed by atoms with Crippen LogP contribution < -0.4 is 16.0 Å². The maximum atomic E-state index is 11.7. The van der Waals surface area contributed by atoms with Gasteiger partial charge in [-0.2, -0.15) is 0 Å². The van der Waals surface area contributed by atoms with E-state index in [-0.39, 0.29) is 0 Å². The molecule has 0 fully saturated rings. The molecule has 0 aliphatic carbocycles. The fraction of sp³-hybridized carbons (Fsp3) is 0.364. The van der Waals surface area contributed by atoms with E-state index in [1.54, 1.807) is 25.1 Å². The summed E-state index contributed by atoms with van der Waals surface area (Å²) in [5, 5.41) is 0. The van der Waals surface area contributed by atoms with Crippen LogP contribution in [-0.4, -0.2) is 19.2 Å². The molecule has 1 aromatic rings. The predicted octanol–water partition coefficient (Wildman–Crippen LogP) is 1.55. The molecule has 16 heavy (non-hydrogen) atoms.